The Hall–Kier alpha value is -2.09. The Morgan fingerprint density at radius 2 is 2.00 bits per heavy atom. The molecule has 0 radical (unpaired) electrons. The van der Waals surface area contributed by atoms with Crippen molar-refractivity contribution in [1.82, 2.24) is 25.6 Å². The molecule has 0 aromatic carbocycles. The second-order valence-electron chi connectivity index (χ2n) is 7.94. The van der Waals surface area contributed by atoms with E-state index in [9.17, 15) is 4.79 Å². The Balaban J connectivity index is 1.52. The summed E-state index contributed by atoms with van der Waals surface area (Å²) in [7, 11) is 0. The van der Waals surface area contributed by atoms with E-state index in [2.05, 4.69) is 39.4 Å². The summed E-state index contributed by atoms with van der Waals surface area (Å²) >= 11 is 0. The molecule has 1 aliphatic carbocycles. The Morgan fingerprint density at radius 3 is 2.57 bits per heavy atom. The molecule has 2 heterocycles. The molecule has 2 N–H and O–H groups in total. The number of hydrogen-bond donors (Lipinski definition) is 2. The lowest BCUT2D eigenvalue weighted by molar-refractivity contribution is -0.122. The van der Waals surface area contributed by atoms with Gasteiger partial charge in [0.15, 0.2) is 5.96 Å². The first-order valence-corrected chi connectivity index (χ1v) is 10.5. The molecule has 1 amide bonds. The van der Waals surface area contributed by atoms with Crippen LogP contribution in [-0.4, -0.2) is 78.7 Å². The molecule has 0 bridgehead atoms. The van der Waals surface area contributed by atoms with Crippen molar-refractivity contribution in [3.63, 3.8) is 0 Å². The lowest BCUT2D eigenvalue weighted by Crippen LogP contribution is -2.54. The highest BCUT2D eigenvalue weighted by Gasteiger charge is 2.26. The van der Waals surface area contributed by atoms with Gasteiger partial charge < -0.3 is 20.1 Å². The zero-order valence-corrected chi connectivity index (χ0v) is 17.6. The molecule has 1 aromatic heterocycles. The van der Waals surface area contributed by atoms with Crippen molar-refractivity contribution in [3.8, 4) is 0 Å². The zero-order valence-electron chi connectivity index (χ0n) is 17.6. The summed E-state index contributed by atoms with van der Waals surface area (Å²) in [6.45, 7) is 13.7. The summed E-state index contributed by atoms with van der Waals surface area (Å²) in [5.41, 5.74) is 2.11. The molecule has 1 unspecified atom stereocenters. The van der Waals surface area contributed by atoms with E-state index in [-0.39, 0.29) is 11.8 Å². The van der Waals surface area contributed by atoms with Crippen LogP contribution < -0.4 is 10.6 Å². The van der Waals surface area contributed by atoms with E-state index in [1.54, 1.807) is 0 Å². The Bertz CT molecular complexity index is 669. The predicted octanol–water partition coefficient (Wildman–Crippen LogP) is 1.26. The number of amides is 1. The van der Waals surface area contributed by atoms with Crippen LogP contribution in [0.1, 0.15) is 49.6 Å². The van der Waals surface area contributed by atoms with Crippen molar-refractivity contribution in [2.45, 2.75) is 52.5 Å². The highest BCUT2D eigenvalue weighted by Crippen LogP contribution is 2.23. The van der Waals surface area contributed by atoms with Gasteiger partial charge in [-0.3, -0.25) is 14.7 Å². The van der Waals surface area contributed by atoms with Gasteiger partial charge in [0.25, 0.3) is 0 Å². The van der Waals surface area contributed by atoms with E-state index in [0.717, 1.165) is 68.5 Å². The van der Waals surface area contributed by atoms with Crippen LogP contribution in [0.3, 0.4) is 0 Å². The highest BCUT2D eigenvalue weighted by molar-refractivity contribution is 5.80. The predicted molar refractivity (Wildman–Crippen MR) is 110 cm³/mol. The fourth-order valence-corrected chi connectivity index (χ4v) is 3.76. The lowest BCUT2D eigenvalue weighted by atomic mass is 10.00. The van der Waals surface area contributed by atoms with Crippen LogP contribution in [0.15, 0.2) is 9.52 Å². The number of rotatable bonds is 7. The smallest absolute Gasteiger partial charge is 0.234 e. The molecule has 156 valence electrons. The van der Waals surface area contributed by atoms with Crippen molar-refractivity contribution in [2.75, 3.05) is 45.8 Å². The van der Waals surface area contributed by atoms with Crippen molar-refractivity contribution in [2.24, 2.45) is 4.99 Å². The lowest BCUT2D eigenvalue weighted by Gasteiger charge is -2.36. The number of carbonyl (C=O) groups is 1. The van der Waals surface area contributed by atoms with Gasteiger partial charge in [-0.15, -0.1) is 0 Å². The molecular weight excluding hydrogens is 356 g/mol. The van der Waals surface area contributed by atoms with E-state index < -0.39 is 0 Å². The van der Waals surface area contributed by atoms with Gasteiger partial charge in [0.05, 0.1) is 12.2 Å². The number of aromatic nitrogens is 1. The fraction of sp³-hybridized carbons (Fsp3) is 0.750. The summed E-state index contributed by atoms with van der Waals surface area (Å²) in [6.07, 6.45) is 2.27. The quantitative estimate of drug-likeness (QED) is 0.538. The number of aliphatic imine (C=N–C) groups is 1. The third kappa shape index (κ3) is 5.47. The van der Waals surface area contributed by atoms with Crippen LogP contribution in [-0.2, 0) is 4.79 Å². The van der Waals surface area contributed by atoms with E-state index >= 15 is 0 Å². The summed E-state index contributed by atoms with van der Waals surface area (Å²) in [6, 6.07) is 0.431. The summed E-state index contributed by atoms with van der Waals surface area (Å²) in [5.74, 6) is 2.24. The maximum atomic E-state index is 12.0. The molecule has 1 atom stereocenters. The maximum Gasteiger partial charge on any atom is 0.234 e. The topological polar surface area (TPSA) is 86.0 Å². The number of hydrogen-bond acceptors (Lipinski definition) is 5. The minimum Gasteiger partial charge on any atom is -0.361 e. The largest absolute Gasteiger partial charge is 0.361 e. The summed E-state index contributed by atoms with van der Waals surface area (Å²) in [5, 5.41) is 10.5. The van der Waals surface area contributed by atoms with Gasteiger partial charge in [-0.25, -0.2) is 0 Å². The first-order valence-electron chi connectivity index (χ1n) is 10.5. The van der Waals surface area contributed by atoms with Gasteiger partial charge in [-0.2, -0.15) is 0 Å². The van der Waals surface area contributed by atoms with E-state index in [1.165, 1.54) is 0 Å². The van der Waals surface area contributed by atoms with E-state index in [4.69, 9.17) is 9.52 Å². The maximum absolute atomic E-state index is 12.0. The molecule has 2 aliphatic rings. The van der Waals surface area contributed by atoms with Crippen LogP contribution in [0.2, 0.25) is 0 Å². The van der Waals surface area contributed by atoms with Crippen LogP contribution >= 0.6 is 0 Å². The third-order valence-electron chi connectivity index (χ3n) is 5.41. The molecule has 1 saturated heterocycles. The molecule has 1 aliphatic heterocycles. The van der Waals surface area contributed by atoms with Gasteiger partial charge in [0.1, 0.15) is 5.76 Å². The summed E-state index contributed by atoms with van der Waals surface area (Å²) < 4.78 is 5.30. The molecule has 3 rings (SSSR count). The molecule has 8 heteroatoms. The second-order valence-corrected chi connectivity index (χ2v) is 7.94. The minimum atomic E-state index is 0.157. The molecule has 0 spiro atoms. The fourth-order valence-electron chi connectivity index (χ4n) is 3.76. The molecule has 2 fully saturated rings. The zero-order chi connectivity index (χ0) is 20.1. The van der Waals surface area contributed by atoms with E-state index in [1.807, 2.05) is 13.8 Å². The van der Waals surface area contributed by atoms with Gasteiger partial charge >= 0.3 is 0 Å². The van der Waals surface area contributed by atoms with Gasteiger partial charge in [0, 0.05) is 56.8 Å². The third-order valence-corrected chi connectivity index (χ3v) is 5.41. The van der Waals surface area contributed by atoms with E-state index in [0.29, 0.717) is 19.1 Å². The number of piperazine rings is 1. The average molecular weight is 391 g/mol. The van der Waals surface area contributed by atoms with Crippen LogP contribution in [0.4, 0.5) is 0 Å². The number of nitrogens with zero attached hydrogens (tertiary/aromatic N) is 4. The van der Waals surface area contributed by atoms with Crippen molar-refractivity contribution < 1.29 is 9.32 Å². The normalized spacial score (nSPS) is 19.6. The summed E-state index contributed by atoms with van der Waals surface area (Å²) in [4.78, 5) is 21.4. The first kappa shape index (κ1) is 20.6. The monoisotopic (exact) mass is 390 g/mol. The molecule has 1 saturated carbocycles. The average Bonchev–Trinajstić information content (AvgIpc) is 3.41. The number of aryl methyl sites for hydroxylation is 2. The van der Waals surface area contributed by atoms with Crippen molar-refractivity contribution >= 4 is 11.9 Å². The van der Waals surface area contributed by atoms with Gasteiger partial charge in [0.2, 0.25) is 5.91 Å². The Labute approximate surface area is 167 Å². The standard InChI is InChI=1S/C20H34N6O2/c1-5-21-20(22-12-14(2)19-15(3)24-28-16(19)4)26-10-8-25(9-11-26)13-18(27)23-17-6-7-17/h14,17H,5-13H2,1-4H3,(H,21,22)(H,23,27). The van der Waals surface area contributed by atoms with Crippen molar-refractivity contribution in [1.29, 1.82) is 0 Å². The number of nitrogens with one attached hydrogen (secondary N) is 2. The minimum absolute atomic E-state index is 0.157. The highest BCUT2D eigenvalue weighted by atomic mass is 16.5. The second kappa shape index (κ2) is 9.41. The molecular formula is C20H34N6O2. The Kier molecular flexibility index (Phi) is 6.93. The SMILES string of the molecule is CCNC(=NCC(C)c1c(C)noc1C)N1CCN(CC(=O)NC2CC2)CC1. The van der Waals surface area contributed by atoms with Gasteiger partial charge in [-0.1, -0.05) is 12.1 Å². The first-order chi connectivity index (χ1) is 13.5. The molecule has 1 aromatic rings. The van der Waals surface area contributed by atoms with Crippen LogP contribution in [0.25, 0.3) is 0 Å². The molecule has 8 nitrogen and oxygen atoms in total. The number of carbonyl (C=O) groups excluding carboxylic acids is 1. The van der Waals surface area contributed by atoms with Crippen molar-refractivity contribution in [3.05, 3.63) is 17.0 Å². The van der Waals surface area contributed by atoms with Crippen LogP contribution in [0, 0.1) is 13.8 Å². The van der Waals surface area contributed by atoms with Gasteiger partial charge in [-0.05, 0) is 33.6 Å². The number of guanidine groups is 1. The van der Waals surface area contributed by atoms with Crippen LogP contribution in [0.5, 0.6) is 0 Å². The Morgan fingerprint density at radius 1 is 1.29 bits per heavy atom. The molecule has 28 heavy (non-hydrogen) atoms.